The molecule has 0 aromatic rings. The van der Waals surface area contributed by atoms with E-state index in [1.165, 1.54) is 77.0 Å². The van der Waals surface area contributed by atoms with Crippen LogP contribution in [0.1, 0.15) is 77.0 Å². The number of hydrogen-bond acceptors (Lipinski definition) is 0. The smallest absolute Gasteiger partial charge is 0.0171 e. The normalized spacial score (nSPS) is 25.1. The van der Waals surface area contributed by atoms with Crippen molar-refractivity contribution in [1.29, 1.82) is 0 Å². The molecule has 0 aromatic carbocycles. The molecule has 0 bridgehead atoms. The van der Waals surface area contributed by atoms with E-state index in [0.29, 0.717) is 0 Å². The van der Waals surface area contributed by atoms with E-state index >= 15 is 0 Å². The van der Waals surface area contributed by atoms with Gasteiger partial charge in [-0.1, -0.05) is 69.9 Å². The second-order valence-electron chi connectivity index (χ2n) is 4.78. The van der Waals surface area contributed by atoms with E-state index in [2.05, 4.69) is 18.6 Å². The molecular weight excluding hydrogens is 180 g/mol. The minimum absolute atomic E-state index is 1.29. The fourth-order valence-electron chi connectivity index (χ4n) is 2.23. The molecule has 0 amide bonds. The van der Waals surface area contributed by atoms with Gasteiger partial charge >= 0.3 is 0 Å². The Kier molecular flexibility index (Phi) is 8.76. The fourth-order valence-corrected chi connectivity index (χ4v) is 2.23. The van der Waals surface area contributed by atoms with Gasteiger partial charge in [0.15, 0.2) is 0 Å². The highest BCUT2D eigenvalue weighted by Crippen LogP contribution is 2.13. The molecule has 15 heavy (non-hydrogen) atoms. The summed E-state index contributed by atoms with van der Waals surface area (Å²) in [5.41, 5.74) is 0. The van der Waals surface area contributed by atoms with Crippen LogP contribution in [0.3, 0.4) is 0 Å². The molecule has 1 radical (unpaired) electrons. The van der Waals surface area contributed by atoms with Gasteiger partial charge in [0, 0.05) is 0 Å². The average Bonchev–Trinajstić information content (AvgIpc) is 2.27. The van der Waals surface area contributed by atoms with Gasteiger partial charge in [-0.25, -0.2) is 0 Å². The van der Waals surface area contributed by atoms with Gasteiger partial charge in [-0.05, 0) is 25.7 Å². The van der Waals surface area contributed by atoms with Crippen LogP contribution in [0.5, 0.6) is 0 Å². The van der Waals surface area contributed by atoms with Crippen molar-refractivity contribution in [1.82, 2.24) is 0 Å². The van der Waals surface area contributed by atoms with Gasteiger partial charge in [-0.3, -0.25) is 0 Å². The SMILES string of the molecule is [CH]1/C=C/CCCCCCCCCCCC1. The lowest BCUT2D eigenvalue weighted by atomic mass is 10.1. The van der Waals surface area contributed by atoms with E-state index in [4.69, 9.17) is 0 Å². The Labute approximate surface area is 96.2 Å². The molecule has 0 saturated carbocycles. The van der Waals surface area contributed by atoms with Crippen LogP contribution in [0, 0.1) is 6.42 Å². The molecule has 0 N–H and O–H groups in total. The highest BCUT2D eigenvalue weighted by Gasteiger charge is 1.94. The first-order valence-electron chi connectivity index (χ1n) is 6.98. The molecular formula is C15H27. The third kappa shape index (κ3) is 8.72. The van der Waals surface area contributed by atoms with Crippen LogP contribution in [0.2, 0.25) is 0 Å². The minimum atomic E-state index is 1.29. The first-order valence-corrected chi connectivity index (χ1v) is 6.98. The maximum Gasteiger partial charge on any atom is -0.0171 e. The predicted octanol–water partition coefficient (Wildman–Crippen LogP) is 5.44. The zero-order valence-electron chi connectivity index (χ0n) is 10.2. The summed E-state index contributed by atoms with van der Waals surface area (Å²) < 4.78 is 0. The summed E-state index contributed by atoms with van der Waals surface area (Å²) in [7, 11) is 0. The zero-order valence-corrected chi connectivity index (χ0v) is 10.2. The molecule has 0 spiro atoms. The Morgan fingerprint density at radius 2 is 0.933 bits per heavy atom. The molecule has 0 heterocycles. The molecule has 0 fully saturated rings. The second-order valence-corrected chi connectivity index (χ2v) is 4.78. The van der Waals surface area contributed by atoms with Crippen molar-refractivity contribution < 1.29 is 0 Å². The summed E-state index contributed by atoms with van der Waals surface area (Å²) in [5.74, 6) is 0. The van der Waals surface area contributed by atoms with Crippen LogP contribution >= 0.6 is 0 Å². The lowest BCUT2D eigenvalue weighted by molar-refractivity contribution is 0.553. The van der Waals surface area contributed by atoms with Crippen molar-refractivity contribution in [2.45, 2.75) is 77.0 Å². The Bertz CT molecular complexity index is 130. The number of rotatable bonds is 0. The first-order chi connectivity index (χ1) is 7.50. The van der Waals surface area contributed by atoms with Crippen molar-refractivity contribution >= 4 is 0 Å². The molecule has 87 valence electrons. The summed E-state index contributed by atoms with van der Waals surface area (Å²) >= 11 is 0. The Balaban J connectivity index is 2.08. The summed E-state index contributed by atoms with van der Waals surface area (Å²) in [6, 6.07) is 0. The molecule has 0 aliphatic heterocycles. The van der Waals surface area contributed by atoms with E-state index in [-0.39, 0.29) is 0 Å². The quantitative estimate of drug-likeness (QED) is 0.496. The lowest BCUT2D eigenvalue weighted by Gasteiger charge is -2.01. The largest absolute Gasteiger partial charge is 0.0882 e. The molecule has 0 nitrogen and oxygen atoms in total. The van der Waals surface area contributed by atoms with Crippen LogP contribution in [-0.4, -0.2) is 0 Å². The van der Waals surface area contributed by atoms with Gasteiger partial charge in [0.1, 0.15) is 0 Å². The third-order valence-electron chi connectivity index (χ3n) is 3.26. The zero-order chi connectivity index (χ0) is 10.6. The summed E-state index contributed by atoms with van der Waals surface area (Å²) in [6.45, 7) is 0. The van der Waals surface area contributed by atoms with Crippen LogP contribution < -0.4 is 0 Å². The van der Waals surface area contributed by atoms with Gasteiger partial charge in [0.2, 0.25) is 0 Å². The van der Waals surface area contributed by atoms with Crippen molar-refractivity contribution in [3.8, 4) is 0 Å². The molecule has 1 rings (SSSR count). The van der Waals surface area contributed by atoms with E-state index in [1.807, 2.05) is 0 Å². The fraction of sp³-hybridized carbons (Fsp3) is 0.800. The molecule has 1 aliphatic rings. The van der Waals surface area contributed by atoms with Crippen molar-refractivity contribution in [3.05, 3.63) is 18.6 Å². The summed E-state index contributed by atoms with van der Waals surface area (Å²) in [5, 5.41) is 0. The summed E-state index contributed by atoms with van der Waals surface area (Å²) in [6.07, 6.45) is 24.0. The van der Waals surface area contributed by atoms with Crippen molar-refractivity contribution in [3.63, 3.8) is 0 Å². The topological polar surface area (TPSA) is 0 Å². The standard InChI is InChI=1S/C15H27/c1-2-4-6-8-10-12-14-15-13-11-9-7-5-3-1/h1-3H,4-15H2/b2-1+. The second kappa shape index (κ2) is 10.3. The predicted molar refractivity (Wildman–Crippen MR) is 68.8 cm³/mol. The average molecular weight is 207 g/mol. The molecule has 0 aromatic heterocycles. The van der Waals surface area contributed by atoms with Crippen molar-refractivity contribution in [2.75, 3.05) is 0 Å². The van der Waals surface area contributed by atoms with Crippen LogP contribution in [0.15, 0.2) is 12.2 Å². The van der Waals surface area contributed by atoms with Crippen molar-refractivity contribution in [2.24, 2.45) is 0 Å². The van der Waals surface area contributed by atoms with Gasteiger partial charge in [-0.15, -0.1) is 0 Å². The Morgan fingerprint density at radius 1 is 0.467 bits per heavy atom. The van der Waals surface area contributed by atoms with E-state index in [9.17, 15) is 0 Å². The molecule has 0 heteroatoms. The molecule has 0 atom stereocenters. The highest BCUT2D eigenvalue weighted by atomic mass is 14.0. The Hall–Kier alpha value is -0.260. The highest BCUT2D eigenvalue weighted by molar-refractivity contribution is 4.94. The van der Waals surface area contributed by atoms with Gasteiger partial charge < -0.3 is 0 Å². The molecule has 0 unspecified atom stereocenters. The summed E-state index contributed by atoms with van der Waals surface area (Å²) in [4.78, 5) is 0. The number of hydrogen-bond donors (Lipinski definition) is 0. The maximum absolute atomic E-state index is 2.35. The van der Waals surface area contributed by atoms with Crippen LogP contribution in [-0.2, 0) is 0 Å². The van der Waals surface area contributed by atoms with Crippen LogP contribution in [0.25, 0.3) is 0 Å². The maximum atomic E-state index is 2.35. The van der Waals surface area contributed by atoms with E-state index in [0.717, 1.165) is 0 Å². The monoisotopic (exact) mass is 207 g/mol. The Morgan fingerprint density at radius 3 is 1.53 bits per heavy atom. The third-order valence-corrected chi connectivity index (χ3v) is 3.26. The van der Waals surface area contributed by atoms with E-state index in [1.54, 1.807) is 0 Å². The molecule has 0 saturated heterocycles. The van der Waals surface area contributed by atoms with Gasteiger partial charge in [0.05, 0.1) is 0 Å². The minimum Gasteiger partial charge on any atom is -0.0882 e. The van der Waals surface area contributed by atoms with Crippen LogP contribution in [0.4, 0.5) is 0 Å². The number of allylic oxidation sites excluding steroid dienone is 2. The first kappa shape index (κ1) is 12.8. The van der Waals surface area contributed by atoms with E-state index < -0.39 is 0 Å². The van der Waals surface area contributed by atoms with Gasteiger partial charge in [-0.2, -0.15) is 0 Å². The van der Waals surface area contributed by atoms with Gasteiger partial charge in [0.25, 0.3) is 0 Å². The molecule has 1 aliphatic carbocycles. The lowest BCUT2D eigenvalue weighted by Crippen LogP contribution is -1.81.